The van der Waals surface area contributed by atoms with Gasteiger partial charge >= 0.3 is 5.97 Å². The van der Waals surface area contributed by atoms with E-state index < -0.39 is 5.97 Å². The normalized spacial score (nSPS) is 10.5. The molecule has 2 aromatic rings. The number of carbonyl (C=O) groups excluding carboxylic acids is 2. The maximum Gasteiger partial charge on any atom is 0.331 e. The molecular weight excluding hydrogens is 344 g/mol. The molecule has 0 unspecified atom stereocenters. The van der Waals surface area contributed by atoms with Crippen molar-refractivity contribution in [3.63, 3.8) is 0 Å². The van der Waals surface area contributed by atoms with E-state index in [1.165, 1.54) is 19.3 Å². The van der Waals surface area contributed by atoms with Crippen molar-refractivity contribution in [3.05, 3.63) is 64.7 Å². The third-order valence-corrected chi connectivity index (χ3v) is 3.57. The van der Waals surface area contributed by atoms with Gasteiger partial charge in [-0.2, -0.15) is 0 Å². The van der Waals surface area contributed by atoms with E-state index in [1.807, 2.05) is 0 Å². The number of ether oxygens (including phenoxy) is 3. The van der Waals surface area contributed by atoms with Crippen LogP contribution in [0.5, 0.6) is 11.5 Å². The van der Waals surface area contributed by atoms with Gasteiger partial charge in [-0.15, -0.1) is 0 Å². The van der Waals surface area contributed by atoms with Crippen LogP contribution in [-0.2, 0) is 9.53 Å². The lowest BCUT2D eigenvalue weighted by Gasteiger charge is -2.07. The molecule has 0 atom stereocenters. The molecule has 0 aliphatic rings. The highest BCUT2D eigenvalue weighted by molar-refractivity contribution is 6.31. The second kappa shape index (κ2) is 8.89. The van der Waals surface area contributed by atoms with E-state index in [9.17, 15) is 9.59 Å². The van der Waals surface area contributed by atoms with Gasteiger partial charge in [0.2, 0.25) is 0 Å². The number of methoxy groups -OCH3 is 2. The van der Waals surface area contributed by atoms with E-state index >= 15 is 0 Å². The van der Waals surface area contributed by atoms with Gasteiger partial charge < -0.3 is 14.2 Å². The number of hydrogen-bond acceptors (Lipinski definition) is 5. The average Bonchev–Trinajstić information content (AvgIpc) is 2.64. The van der Waals surface area contributed by atoms with Gasteiger partial charge in [0.1, 0.15) is 11.5 Å². The molecule has 0 amide bonds. The second-order valence-electron chi connectivity index (χ2n) is 4.98. The number of benzene rings is 2. The van der Waals surface area contributed by atoms with Gasteiger partial charge in [-0.1, -0.05) is 23.7 Å². The van der Waals surface area contributed by atoms with Gasteiger partial charge in [0, 0.05) is 28.3 Å². The summed E-state index contributed by atoms with van der Waals surface area (Å²) in [6.07, 6.45) is 2.78. The molecule has 0 fully saturated rings. The summed E-state index contributed by atoms with van der Waals surface area (Å²) < 4.78 is 15.3. The van der Waals surface area contributed by atoms with Crippen LogP contribution in [0, 0.1) is 0 Å². The molecule has 0 N–H and O–H groups in total. The van der Waals surface area contributed by atoms with Crippen LogP contribution in [0.1, 0.15) is 15.9 Å². The van der Waals surface area contributed by atoms with E-state index in [0.717, 1.165) is 0 Å². The predicted molar refractivity (Wildman–Crippen MR) is 95.3 cm³/mol. The lowest BCUT2D eigenvalue weighted by Crippen LogP contribution is -2.12. The number of halogens is 1. The summed E-state index contributed by atoms with van der Waals surface area (Å²) in [6, 6.07) is 11.7. The van der Waals surface area contributed by atoms with Crippen LogP contribution in [0.2, 0.25) is 5.02 Å². The van der Waals surface area contributed by atoms with Gasteiger partial charge in [-0.3, -0.25) is 4.79 Å². The Morgan fingerprint density at radius 2 is 1.88 bits per heavy atom. The molecule has 6 heteroatoms. The SMILES string of the molecule is COc1ccc(/C=C/C(=O)OCC(=O)c2cccc(Cl)c2)c(OC)c1. The van der Waals surface area contributed by atoms with Crippen molar-refractivity contribution in [2.45, 2.75) is 0 Å². The number of Topliss-reactive ketones (excluding diaryl/α,β-unsaturated/α-hetero) is 1. The van der Waals surface area contributed by atoms with Crippen LogP contribution in [0.3, 0.4) is 0 Å². The smallest absolute Gasteiger partial charge is 0.331 e. The molecule has 0 aliphatic carbocycles. The van der Waals surface area contributed by atoms with Crippen molar-refractivity contribution in [2.75, 3.05) is 20.8 Å². The molecule has 0 aromatic heterocycles. The Balaban J connectivity index is 1.96. The Labute approximate surface area is 150 Å². The summed E-state index contributed by atoms with van der Waals surface area (Å²) >= 11 is 5.83. The Morgan fingerprint density at radius 3 is 2.56 bits per heavy atom. The van der Waals surface area contributed by atoms with Gasteiger partial charge in [0.15, 0.2) is 12.4 Å². The molecule has 0 radical (unpaired) electrons. The van der Waals surface area contributed by atoms with Gasteiger partial charge in [-0.25, -0.2) is 4.79 Å². The zero-order valence-corrected chi connectivity index (χ0v) is 14.6. The molecule has 0 aliphatic heterocycles. The Kier molecular flexibility index (Phi) is 6.60. The van der Waals surface area contributed by atoms with Crippen molar-refractivity contribution in [2.24, 2.45) is 0 Å². The van der Waals surface area contributed by atoms with Crippen LogP contribution in [0.25, 0.3) is 6.08 Å². The molecule has 25 heavy (non-hydrogen) atoms. The van der Waals surface area contributed by atoms with E-state index in [4.69, 9.17) is 25.8 Å². The monoisotopic (exact) mass is 360 g/mol. The quantitative estimate of drug-likeness (QED) is 0.427. The predicted octanol–water partition coefficient (Wildman–Crippen LogP) is 3.80. The van der Waals surface area contributed by atoms with Gasteiger partial charge in [0.05, 0.1) is 14.2 Å². The zero-order valence-electron chi connectivity index (χ0n) is 13.8. The fourth-order valence-corrected chi connectivity index (χ4v) is 2.23. The number of ketones is 1. The maximum atomic E-state index is 12.0. The number of esters is 1. The minimum atomic E-state index is -0.631. The highest BCUT2D eigenvalue weighted by Crippen LogP contribution is 2.25. The number of carbonyl (C=O) groups is 2. The zero-order chi connectivity index (χ0) is 18.2. The Hall–Kier alpha value is -2.79. The van der Waals surface area contributed by atoms with Crippen LogP contribution in [-0.4, -0.2) is 32.6 Å². The van der Waals surface area contributed by atoms with E-state index in [2.05, 4.69) is 0 Å². The topological polar surface area (TPSA) is 61.8 Å². The van der Waals surface area contributed by atoms with Crippen molar-refractivity contribution in [1.82, 2.24) is 0 Å². The van der Waals surface area contributed by atoms with E-state index in [-0.39, 0.29) is 12.4 Å². The van der Waals surface area contributed by atoms with Crippen molar-refractivity contribution >= 4 is 29.4 Å². The molecule has 0 spiro atoms. The first kappa shape index (κ1) is 18.5. The summed E-state index contributed by atoms with van der Waals surface area (Å²) in [5.41, 5.74) is 1.07. The average molecular weight is 361 g/mol. The minimum Gasteiger partial charge on any atom is -0.497 e. The highest BCUT2D eigenvalue weighted by Gasteiger charge is 2.09. The van der Waals surface area contributed by atoms with Crippen molar-refractivity contribution in [1.29, 1.82) is 0 Å². The van der Waals surface area contributed by atoms with Crippen molar-refractivity contribution < 1.29 is 23.8 Å². The lowest BCUT2D eigenvalue weighted by molar-refractivity contribution is -0.136. The molecule has 2 rings (SSSR count). The third kappa shape index (κ3) is 5.36. The molecule has 5 nitrogen and oxygen atoms in total. The molecule has 0 saturated heterocycles. The molecule has 0 bridgehead atoms. The maximum absolute atomic E-state index is 12.0. The summed E-state index contributed by atoms with van der Waals surface area (Å²) in [7, 11) is 3.08. The lowest BCUT2D eigenvalue weighted by atomic mass is 10.1. The first-order valence-electron chi connectivity index (χ1n) is 7.39. The van der Waals surface area contributed by atoms with Crippen LogP contribution in [0.15, 0.2) is 48.5 Å². The fraction of sp³-hybridized carbons (Fsp3) is 0.158. The second-order valence-corrected chi connectivity index (χ2v) is 5.42. The summed E-state index contributed by atoms with van der Waals surface area (Å²) in [5, 5.41) is 0.448. The first-order chi connectivity index (χ1) is 12.0. The summed E-state index contributed by atoms with van der Waals surface area (Å²) in [4.78, 5) is 23.7. The third-order valence-electron chi connectivity index (χ3n) is 3.33. The van der Waals surface area contributed by atoms with Gasteiger partial charge in [-0.05, 0) is 30.3 Å². The largest absolute Gasteiger partial charge is 0.497 e. The minimum absolute atomic E-state index is 0.328. The number of rotatable bonds is 7. The summed E-state index contributed by atoms with van der Waals surface area (Å²) in [6.45, 7) is -0.358. The van der Waals surface area contributed by atoms with E-state index in [1.54, 1.807) is 49.6 Å². The molecule has 0 saturated carbocycles. The van der Waals surface area contributed by atoms with E-state index in [0.29, 0.717) is 27.6 Å². The van der Waals surface area contributed by atoms with Crippen LogP contribution >= 0.6 is 11.6 Å². The molecule has 2 aromatic carbocycles. The Bertz CT molecular complexity index is 798. The highest BCUT2D eigenvalue weighted by atomic mass is 35.5. The summed E-state index contributed by atoms with van der Waals surface area (Å²) in [5.74, 6) is 0.238. The fourth-order valence-electron chi connectivity index (χ4n) is 2.04. The van der Waals surface area contributed by atoms with Crippen LogP contribution in [0.4, 0.5) is 0 Å². The van der Waals surface area contributed by atoms with Gasteiger partial charge in [0.25, 0.3) is 0 Å². The van der Waals surface area contributed by atoms with Crippen molar-refractivity contribution in [3.8, 4) is 11.5 Å². The molecule has 130 valence electrons. The molecule has 0 heterocycles. The first-order valence-corrected chi connectivity index (χ1v) is 7.77. The number of hydrogen-bond donors (Lipinski definition) is 0. The van der Waals surface area contributed by atoms with Crippen LogP contribution < -0.4 is 9.47 Å². The Morgan fingerprint density at radius 1 is 1.08 bits per heavy atom. The molecular formula is C19H17ClO5. The standard InChI is InChI=1S/C19H17ClO5/c1-23-16-8-6-13(18(11-16)24-2)7-9-19(22)25-12-17(21)14-4-3-5-15(20)10-14/h3-11H,12H2,1-2H3/b9-7+.